The molecule has 0 heterocycles. The molecule has 0 aliphatic carbocycles. The second kappa shape index (κ2) is 7.37. The molecule has 0 aliphatic rings. The first-order valence-electron chi connectivity index (χ1n) is 5.81. The van der Waals surface area contributed by atoms with Crippen molar-refractivity contribution in [2.24, 2.45) is 0 Å². The minimum Gasteiger partial charge on any atom is -0.392 e. The average Bonchev–Trinajstić information content (AvgIpc) is 2.36. The van der Waals surface area contributed by atoms with E-state index in [-0.39, 0.29) is 12.4 Å². The Morgan fingerprint density at radius 1 is 1.47 bits per heavy atom. The highest BCUT2D eigenvalue weighted by molar-refractivity contribution is 5.24. The van der Waals surface area contributed by atoms with E-state index in [1.807, 2.05) is 0 Å². The predicted octanol–water partition coefficient (Wildman–Crippen LogP) is 1.83. The fourth-order valence-corrected chi connectivity index (χ4v) is 1.64. The van der Waals surface area contributed by atoms with Crippen LogP contribution in [0, 0.1) is 5.82 Å². The minimum absolute atomic E-state index is 0.269. The van der Waals surface area contributed by atoms with Crippen LogP contribution in [0.1, 0.15) is 24.5 Å². The minimum atomic E-state index is -0.361. The van der Waals surface area contributed by atoms with Gasteiger partial charge < -0.3 is 15.2 Å². The quantitative estimate of drug-likeness (QED) is 0.765. The third-order valence-electron chi connectivity index (χ3n) is 2.74. The molecule has 1 aromatic carbocycles. The van der Waals surface area contributed by atoms with E-state index >= 15 is 0 Å². The first-order chi connectivity index (χ1) is 8.21. The number of hydrogen-bond donors (Lipinski definition) is 2. The summed E-state index contributed by atoms with van der Waals surface area (Å²) >= 11 is 0. The summed E-state index contributed by atoms with van der Waals surface area (Å²) in [6, 6.07) is 5.09. The Morgan fingerprint density at radius 3 is 2.82 bits per heavy atom. The van der Waals surface area contributed by atoms with E-state index in [0.29, 0.717) is 24.8 Å². The maximum atomic E-state index is 13.2. The second-order valence-corrected chi connectivity index (χ2v) is 4.03. The van der Waals surface area contributed by atoms with Crippen molar-refractivity contribution in [2.45, 2.75) is 32.5 Å². The molecule has 0 spiro atoms. The Hall–Kier alpha value is -0.970. The lowest BCUT2D eigenvalue weighted by Crippen LogP contribution is -2.32. The summed E-state index contributed by atoms with van der Waals surface area (Å²) in [5.74, 6) is -0.361. The van der Waals surface area contributed by atoms with E-state index in [1.165, 1.54) is 6.07 Å². The van der Waals surface area contributed by atoms with Crippen LogP contribution in [0.4, 0.5) is 4.39 Å². The first kappa shape index (κ1) is 14.1. The highest BCUT2D eigenvalue weighted by atomic mass is 19.1. The molecule has 1 atom stereocenters. The maximum Gasteiger partial charge on any atom is 0.128 e. The van der Waals surface area contributed by atoms with Crippen molar-refractivity contribution in [3.63, 3.8) is 0 Å². The van der Waals surface area contributed by atoms with Gasteiger partial charge in [-0.25, -0.2) is 4.39 Å². The van der Waals surface area contributed by atoms with Gasteiger partial charge in [0.2, 0.25) is 0 Å². The molecular formula is C13H20FNO2. The molecule has 3 nitrogen and oxygen atoms in total. The molecule has 0 radical (unpaired) electrons. The van der Waals surface area contributed by atoms with Crippen molar-refractivity contribution in [1.82, 2.24) is 5.32 Å². The zero-order chi connectivity index (χ0) is 12.7. The Morgan fingerprint density at radius 2 is 2.24 bits per heavy atom. The van der Waals surface area contributed by atoms with Crippen LogP contribution in [0.15, 0.2) is 18.2 Å². The standard InChI is InChI=1S/C13H20FNO2/c1-3-12(9-17-2)15-7-10-4-5-13(14)11(6-10)8-16/h4-6,12,15-16H,3,7-9H2,1-2H3. The Kier molecular flexibility index (Phi) is 6.11. The molecule has 2 N–H and O–H groups in total. The summed E-state index contributed by atoms with van der Waals surface area (Å²) < 4.78 is 18.2. The van der Waals surface area contributed by atoms with Crippen LogP contribution in [0.5, 0.6) is 0 Å². The van der Waals surface area contributed by atoms with Gasteiger partial charge in [0.25, 0.3) is 0 Å². The summed E-state index contributed by atoms with van der Waals surface area (Å²) in [4.78, 5) is 0. The number of halogens is 1. The predicted molar refractivity (Wildman–Crippen MR) is 65.1 cm³/mol. The van der Waals surface area contributed by atoms with Gasteiger partial charge in [-0.05, 0) is 24.1 Å². The smallest absolute Gasteiger partial charge is 0.128 e. The lowest BCUT2D eigenvalue weighted by atomic mass is 10.1. The highest BCUT2D eigenvalue weighted by Gasteiger charge is 2.06. The molecule has 0 fully saturated rings. The number of ether oxygens (including phenoxy) is 1. The zero-order valence-electron chi connectivity index (χ0n) is 10.4. The van der Waals surface area contributed by atoms with Gasteiger partial charge in [-0.2, -0.15) is 0 Å². The maximum absolute atomic E-state index is 13.2. The van der Waals surface area contributed by atoms with Crippen molar-refractivity contribution >= 4 is 0 Å². The number of aliphatic hydroxyl groups excluding tert-OH is 1. The van der Waals surface area contributed by atoms with E-state index in [1.54, 1.807) is 19.2 Å². The molecule has 0 aromatic heterocycles. The van der Waals surface area contributed by atoms with Crippen LogP contribution in [0.25, 0.3) is 0 Å². The van der Waals surface area contributed by atoms with Gasteiger partial charge in [-0.3, -0.25) is 0 Å². The van der Waals surface area contributed by atoms with Crippen LogP contribution >= 0.6 is 0 Å². The second-order valence-electron chi connectivity index (χ2n) is 4.03. The van der Waals surface area contributed by atoms with Gasteiger partial charge in [-0.1, -0.05) is 13.0 Å². The van der Waals surface area contributed by atoms with Crippen LogP contribution in [-0.4, -0.2) is 24.9 Å². The molecular weight excluding hydrogens is 221 g/mol. The summed E-state index contributed by atoms with van der Waals surface area (Å²) in [7, 11) is 1.67. The van der Waals surface area contributed by atoms with Gasteiger partial charge in [0, 0.05) is 25.3 Å². The molecule has 1 aromatic rings. The van der Waals surface area contributed by atoms with Crippen molar-refractivity contribution < 1.29 is 14.2 Å². The van der Waals surface area contributed by atoms with Gasteiger partial charge in [0.05, 0.1) is 13.2 Å². The van der Waals surface area contributed by atoms with Gasteiger partial charge in [0.1, 0.15) is 5.82 Å². The van der Waals surface area contributed by atoms with Crippen LogP contribution < -0.4 is 5.32 Å². The van der Waals surface area contributed by atoms with E-state index < -0.39 is 0 Å². The van der Waals surface area contributed by atoms with Crippen LogP contribution in [0.2, 0.25) is 0 Å². The topological polar surface area (TPSA) is 41.5 Å². The van der Waals surface area contributed by atoms with Crippen LogP contribution in [-0.2, 0) is 17.9 Å². The molecule has 0 amide bonds. The monoisotopic (exact) mass is 241 g/mol. The molecule has 0 saturated heterocycles. The Balaban J connectivity index is 2.56. The lowest BCUT2D eigenvalue weighted by Gasteiger charge is -2.16. The number of rotatable bonds is 7. The molecule has 0 bridgehead atoms. The summed E-state index contributed by atoms with van der Waals surface area (Å²) in [5.41, 5.74) is 1.30. The summed E-state index contributed by atoms with van der Waals surface area (Å²) in [5, 5.41) is 12.3. The van der Waals surface area contributed by atoms with E-state index in [4.69, 9.17) is 9.84 Å². The summed E-state index contributed by atoms with van der Waals surface area (Å²) in [6.45, 7) is 3.12. The molecule has 0 aliphatic heterocycles. The molecule has 4 heteroatoms. The van der Waals surface area contributed by atoms with E-state index in [2.05, 4.69) is 12.2 Å². The number of nitrogens with one attached hydrogen (secondary N) is 1. The SMILES string of the molecule is CCC(COC)NCc1ccc(F)c(CO)c1. The Bertz CT molecular complexity index is 344. The van der Waals surface area contributed by atoms with Crippen molar-refractivity contribution in [1.29, 1.82) is 0 Å². The largest absolute Gasteiger partial charge is 0.392 e. The normalized spacial score (nSPS) is 12.7. The van der Waals surface area contributed by atoms with E-state index in [9.17, 15) is 4.39 Å². The third-order valence-corrected chi connectivity index (χ3v) is 2.74. The molecule has 1 rings (SSSR count). The average molecular weight is 241 g/mol. The van der Waals surface area contributed by atoms with Crippen molar-refractivity contribution in [3.8, 4) is 0 Å². The fourth-order valence-electron chi connectivity index (χ4n) is 1.64. The Labute approximate surface area is 102 Å². The number of hydrogen-bond acceptors (Lipinski definition) is 3. The van der Waals surface area contributed by atoms with Crippen molar-refractivity contribution in [2.75, 3.05) is 13.7 Å². The highest BCUT2D eigenvalue weighted by Crippen LogP contribution is 2.10. The van der Waals surface area contributed by atoms with E-state index in [0.717, 1.165) is 12.0 Å². The van der Waals surface area contributed by atoms with Gasteiger partial charge >= 0.3 is 0 Å². The number of benzene rings is 1. The molecule has 1 unspecified atom stereocenters. The van der Waals surface area contributed by atoms with Crippen molar-refractivity contribution in [3.05, 3.63) is 35.1 Å². The molecule has 96 valence electrons. The van der Waals surface area contributed by atoms with Gasteiger partial charge in [0.15, 0.2) is 0 Å². The first-order valence-corrected chi connectivity index (χ1v) is 5.81. The zero-order valence-corrected chi connectivity index (χ0v) is 10.4. The third kappa shape index (κ3) is 4.42. The number of aliphatic hydroxyl groups is 1. The van der Waals surface area contributed by atoms with Gasteiger partial charge in [-0.15, -0.1) is 0 Å². The molecule has 17 heavy (non-hydrogen) atoms. The molecule has 0 saturated carbocycles. The fraction of sp³-hybridized carbons (Fsp3) is 0.538. The summed E-state index contributed by atoms with van der Waals surface area (Å²) in [6.07, 6.45) is 0.974. The number of methoxy groups -OCH3 is 1. The van der Waals surface area contributed by atoms with Crippen LogP contribution in [0.3, 0.4) is 0 Å². The lowest BCUT2D eigenvalue weighted by molar-refractivity contribution is 0.164.